The molecule has 1 amide bonds. The molecule has 0 atom stereocenters. The van der Waals surface area contributed by atoms with Gasteiger partial charge in [0.1, 0.15) is 5.69 Å². The first-order chi connectivity index (χ1) is 8.65. The first-order valence-electron chi connectivity index (χ1n) is 6.01. The van der Waals surface area contributed by atoms with Crippen LogP contribution in [0.2, 0.25) is 0 Å². The Hall–Kier alpha value is -1.69. The molecule has 2 rings (SSSR count). The lowest BCUT2D eigenvalue weighted by Crippen LogP contribution is -2.50. The van der Waals surface area contributed by atoms with Crippen LogP contribution in [-0.2, 0) is 4.74 Å². The van der Waals surface area contributed by atoms with E-state index in [0.717, 1.165) is 31.9 Å². The van der Waals surface area contributed by atoms with E-state index in [1.165, 1.54) is 6.20 Å². The highest BCUT2D eigenvalue weighted by molar-refractivity contribution is 5.92. The van der Waals surface area contributed by atoms with Gasteiger partial charge in [0.05, 0.1) is 24.5 Å². The first-order valence-corrected chi connectivity index (χ1v) is 6.01. The monoisotopic (exact) mass is 251 g/mol. The van der Waals surface area contributed by atoms with Crippen LogP contribution in [0, 0.1) is 0 Å². The van der Waals surface area contributed by atoms with E-state index in [1.54, 1.807) is 7.11 Å². The lowest BCUT2D eigenvalue weighted by atomic mass is 9.98. The fraction of sp³-hybridized carbons (Fsp3) is 0.583. The minimum absolute atomic E-state index is 0.185. The highest BCUT2D eigenvalue weighted by Crippen LogP contribution is 2.30. The molecule has 1 saturated carbocycles. The normalized spacial score (nSPS) is 17.6. The van der Waals surface area contributed by atoms with Crippen LogP contribution in [0.1, 0.15) is 36.2 Å². The van der Waals surface area contributed by atoms with Crippen LogP contribution in [0.4, 0.5) is 0 Å². The number of nitrogens with one attached hydrogen (secondary N) is 2. The molecule has 6 heteroatoms. The van der Waals surface area contributed by atoms with Crippen molar-refractivity contribution >= 4 is 5.91 Å². The Morgan fingerprint density at radius 2 is 2.22 bits per heavy atom. The predicted molar refractivity (Wildman–Crippen MR) is 65.4 cm³/mol. The van der Waals surface area contributed by atoms with Gasteiger partial charge in [0, 0.05) is 7.11 Å². The molecule has 1 aliphatic rings. The van der Waals surface area contributed by atoms with E-state index in [2.05, 4.69) is 15.3 Å². The molecule has 1 aliphatic carbocycles. The van der Waals surface area contributed by atoms with Crippen molar-refractivity contribution < 1.29 is 9.53 Å². The van der Waals surface area contributed by atoms with Gasteiger partial charge >= 0.3 is 0 Å². The third-order valence-corrected chi connectivity index (χ3v) is 3.26. The zero-order valence-electron chi connectivity index (χ0n) is 10.4. The quantitative estimate of drug-likeness (QED) is 0.814. The molecule has 0 aliphatic heterocycles. The van der Waals surface area contributed by atoms with Crippen LogP contribution in [0.5, 0.6) is 0 Å². The average Bonchev–Trinajstić information content (AvgIpc) is 2.78. The highest BCUT2D eigenvalue weighted by Gasteiger charge is 2.35. The molecule has 1 fully saturated rings. The van der Waals surface area contributed by atoms with Gasteiger partial charge in [0.2, 0.25) is 0 Å². The van der Waals surface area contributed by atoms with Gasteiger partial charge in [-0.2, -0.15) is 0 Å². The van der Waals surface area contributed by atoms with Crippen molar-refractivity contribution in [3.05, 3.63) is 28.4 Å². The van der Waals surface area contributed by atoms with Crippen molar-refractivity contribution in [1.29, 1.82) is 0 Å². The van der Waals surface area contributed by atoms with E-state index >= 15 is 0 Å². The summed E-state index contributed by atoms with van der Waals surface area (Å²) < 4.78 is 5.19. The molecule has 98 valence electrons. The topological polar surface area (TPSA) is 84.1 Å². The molecule has 0 unspecified atom stereocenters. The van der Waals surface area contributed by atoms with Crippen molar-refractivity contribution in [2.75, 3.05) is 13.7 Å². The van der Waals surface area contributed by atoms with Gasteiger partial charge in [-0.3, -0.25) is 14.6 Å². The zero-order valence-corrected chi connectivity index (χ0v) is 10.4. The van der Waals surface area contributed by atoms with E-state index in [4.69, 9.17) is 4.74 Å². The summed E-state index contributed by atoms with van der Waals surface area (Å²) in [7, 11) is 1.62. The van der Waals surface area contributed by atoms with E-state index < -0.39 is 0 Å². The molecule has 18 heavy (non-hydrogen) atoms. The third kappa shape index (κ3) is 2.76. The summed E-state index contributed by atoms with van der Waals surface area (Å²) in [5.41, 5.74) is -0.502. The second kappa shape index (κ2) is 5.30. The number of rotatable bonds is 4. The summed E-state index contributed by atoms with van der Waals surface area (Å²) in [5, 5.41) is 2.96. The van der Waals surface area contributed by atoms with Gasteiger partial charge in [-0.15, -0.1) is 0 Å². The van der Waals surface area contributed by atoms with E-state index in [1.807, 2.05) is 0 Å². The van der Waals surface area contributed by atoms with Gasteiger partial charge in [-0.1, -0.05) is 12.8 Å². The molecule has 1 aromatic rings. The molecular weight excluding hydrogens is 234 g/mol. The van der Waals surface area contributed by atoms with Crippen LogP contribution >= 0.6 is 0 Å². The number of aromatic nitrogens is 2. The van der Waals surface area contributed by atoms with Gasteiger partial charge in [-0.05, 0) is 12.8 Å². The summed E-state index contributed by atoms with van der Waals surface area (Å²) in [6.45, 7) is 0.489. The van der Waals surface area contributed by atoms with Crippen LogP contribution < -0.4 is 10.9 Å². The number of methoxy groups -OCH3 is 1. The molecule has 0 radical (unpaired) electrons. The smallest absolute Gasteiger partial charge is 0.269 e. The summed E-state index contributed by atoms with van der Waals surface area (Å²) >= 11 is 0. The molecule has 1 aromatic heterocycles. The second-order valence-corrected chi connectivity index (χ2v) is 4.68. The van der Waals surface area contributed by atoms with Crippen molar-refractivity contribution in [1.82, 2.24) is 15.3 Å². The average molecular weight is 251 g/mol. The maximum Gasteiger partial charge on any atom is 0.269 e. The fourth-order valence-corrected chi connectivity index (χ4v) is 2.43. The lowest BCUT2D eigenvalue weighted by molar-refractivity contribution is 0.0762. The summed E-state index contributed by atoms with van der Waals surface area (Å²) in [6, 6.07) is 0. The molecular formula is C12H17N3O3. The molecule has 0 spiro atoms. The Morgan fingerprint density at radius 3 is 2.83 bits per heavy atom. The largest absolute Gasteiger partial charge is 0.382 e. The fourth-order valence-electron chi connectivity index (χ4n) is 2.43. The standard InChI is InChI=1S/C12H17N3O3/c1-18-8-12(4-2-3-5-12)15-11(17)9-6-13-7-10(16)14-9/h6-7H,2-5,8H2,1H3,(H,14,16)(H,15,17). The minimum atomic E-state index is -0.380. The summed E-state index contributed by atoms with van der Waals surface area (Å²) in [6.07, 6.45) is 6.44. The zero-order chi connectivity index (χ0) is 13.0. The molecule has 0 aromatic carbocycles. The number of hydrogen-bond acceptors (Lipinski definition) is 4. The number of carbonyl (C=O) groups excluding carboxylic acids is 1. The maximum absolute atomic E-state index is 12.1. The third-order valence-electron chi connectivity index (χ3n) is 3.26. The minimum Gasteiger partial charge on any atom is -0.382 e. The summed E-state index contributed by atoms with van der Waals surface area (Å²) in [5.74, 6) is -0.306. The Kier molecular flexibility index (Phi) is 3.76. The Morgan fingerprint density at radius 1 is 1.50 bits per heavy atom. The van der Waals surface area contributed by atoms with Gasteiger partial charge in [-0.25, -0.2) is 0 Å². The molecule has 6 nitrogen and oxygen atoms in total. The van der Waals surface area contributed by atoms with Crippen LogP contribution in [0.3, 0.4) is 0 Å². The highest BCUT2D eigenvalue weighted by atomic mass is 16.5. The molecule has 2 N–H and O–H groups in total. The van der Waals surface area contributed by atoms with Gasteiger partial charge in [0.15, 0.2) is 0 Å². The lowest BCUT2D eigenvalue weighted by Gasteiger charge is -2.29. The SMILES string of the molecule is COCC1(NC(=O)c2cncc(=O)[nH]2)CCCC1. The predicted octanol–water partition coefficient (Wildman–Crippen LogP) is 0.459. The number of nitrogens with zero attached hydrogens (tertiary/aromatic N) is 1. The molecule has 0 bridgehead atoms. The van der Waals surface area contributed by atoms with Crippen molar-refractivity contribution in [3.63, 3.8) is 0 Å². The van der Waals surface area contributed by atoms with E-state index in [9.17, 15) is 9.59 Å². The van der Waals surface area contributed by atoms with Crippen molar-refractivity contribution in [3.8, 4) is 0 Å². The second-order valence-electron chi connectivity index (χ2n) is 4.68. The number of ether oxygens (including phenoxy) is 1. The molecule has 0 saturated heterocycles. The number of hydrogen-bond donors (Lipinski definition) is 2. The number of amides is 1. The Bertz CT molecular complexity index is 477. The van der Waals surface area contributed by atoms with Gasteiger partial charge in [0.25, 0.3) is 11.5 Å². The number of H-pyrrole nitrogens is 1. The maximum atomic E-state index is 12.1. The molecule has 1 heterocycles. The summed E-state index contributed by atoms with van der Waals surface area (Å²) in [4.78, 5) is 29.4. The van der Waals surface area contributed by atoms with E-state index in [-0.39, 0.29) is 22.7 Å². The number of aromatic amines is 1. The van der Waals surface area contributed by atoms with Crippen LogP contribution in [0.25, 0.3) is 0 Å². The van der Waals surface area contributed by atoms with Crippen molar-refractivity contribution in [2.24, 2.45) is 0 Å². The number of carbonyl (C=O) groups is 1. The Balaban J connectivity index is 2.12. The Labute approximate surface area is 105 Å². The van der Waals surface area contributed by atoms with Crippen molar-refractivity contribution in [2.45, 2.75) is 31.2 Å². The van der Waals surface area contributed by atoms with Crippen LogP contribution in [0.15, 0.2) is 17.2 Å². The first kappa shape index (κ1) is 12.8. The van der Waals surface area contributed by atoms with Crippen LogP contribution in [-0.4, -0.2) is 35.1 Å². The van der Waals surface area contributed by atoms with E-state index in [0.29, 0.717) is 6.61 Å². The van der Waals surface area contributed by atoms with Gasteiger partial charge < -0.3 is 15.0 Å².